The number of ether oxygens (including phenoxy) is 1. The minimum atomic E-state index is -1.78. The predicted molar refractivity (Wildman–Crippen MR) is 41.0 cm³/mol. The van der Waals surface area contributed by atoms with Gasteiger partial charge in [0, 0.05) is 6.61 Å². The largest absolute Gasteiger partial charge is 0.479 e. The molecular weight excluding hydrogens is 191 g/mol. The normalized spacial score (nSPS) is 25.5. The fraction of sp³-hybridized carbons (Fsp3) is 0.833. The highest BCUT2D eigenvalue weighted by atomic mass is 35.5. The Morgan fingerprint density at radius 2 is 2.27 bits per heavy atom. The number of hydrogen-bond acceptors (Lipinski definition) is 2. The molecule has 64 valence electrons. The van der Waals surface area contributed by atoms with Crippen LogP contribution in [0.2, 0.25) is 0 Å². The summed E-state index contributed by atoms with van der Waals surface area (Å²) in [6.45, 7) is 0.541. The first-order valence-corrected chi connectivity index (χ1v) is 4.03. The molecule has 11 heavy (non-hydrogen) atoms. The van der Waals surface area contributed by atoms with Crippen LogP contribution < -0.4 is 0 Å². The molecule has 0 aromatic carbocycles. The van der Waals surface area contributed by atoms with Crippen LogP contribution in [0.15, 0.2) is 0 Å². The number of carbonyl (C=O) groups is 1. The molecule has 0 amide bonds. The monoisotopic (exact) mass is 198 g/mol. The van der Waals surface area contributed by atoms with E-state index in [9.17, 15) is 4.79 Å². The third-order valence-corrected chi connectivity index (χ3v) is 2.43. The lowest BCUT2D eigenvalue weighted by Gasteiger charge is -2.20. The van der Waals surface area contributed by atoms with Crippen LogP contribution in [0.1, 0.15) is 12.8 Å². The minimum absolute atomic E-state index is 0.541. The molecule has 0 aromatic heterocycles. The number of rotatable bonds is 2. The zero-order valence-electron chi connectivity index (χ0n) is 5.72. The van der Waals surface area contributed by atoms with Crippen molar-refractivity contribution in [3.63, 3.8) is 0 Å². The molecule has 5 heteroatoms. The third-order valence-electron chi connectivity index (χ3n) is 1.62. The quantitative estimate of drug-likeness (QED) is 0.684. The van der Waals surface area contributed by atoms with Crippen LogP contribution >= 0.6 is 23.2 Å². The first kappa shape index (κ1) is 9.10. The van der Waals surface area contributed by atoms with Crippen molar-refractivity contribution in [2.75, 3.05) is 6.61 Å². The van der Waals surface area contributed by atoms with E-state index in [1.807, 2.05) is 0 Å². The van der Waals surface area contributed by atoms with Crippen LogP contribution in [0, 0.1) is 0 Å². The van der Waals surface area contributed by atoms with Crippen LogP contribution in [0.3, 0.4) is 0 Å². The van der Waals surface area contributed by atoms with Gasteiger partial charge in [0.15, 0.2) is 0 Å². The van der Waals surface area contributed by atoms with Gasteiger partial charge in [-0.3, -0.25) is 0 Å². The van der Waals surface area contributed by atoms with E-state index in [4.69, 9.17) is 33.0 Å². The minimum Gasteiger partial charge on any atom is -0.479 e. The van der Waals surface area contributed by atoms with Crippen molar-refractivity contribution in [2.45, 2.75) is 23.3 Å². The summed E-state index contributed by atoms with van der Waals surface area (Å²) < 4.78 is 3.25. The third kappa shape index (κ3) is 1.78. The van der Waals surface area contributed by atoms with Crippen LogP contribution in [0.5, 0.6) is 0 Å². The lowest BCUT2D eigenvalue weighted by molar-refractivity contribution is -0.140. The van der Waals surface area contributed by atoms with Crippen LogP contribution in [0.4, 0.5) is 0 Å². The maximum absolute atomic E-state index is 10.5. The average Bonchev–Trinajstić information content (AvgIpc) is 2.37. The molecule has 1 aliphatic rings. The van der Waals surface area contributed by atoms with E-state index >= 15 is 0 Å². The van der Waals surface area contributed by atoms with Crippen LogP contribution in [0.25, 0.3) is 0 Å². The molecule has 0 radical (unpaired) electrons. The van der Waals surface area contributed by atoms with E-state index in [1.54, 1.807) is 0 Å². The van der Waals surface area contributed by atoms with Gasteiger partial charge in [0.05, 0.1) is 0 Å². The molecule has 1 aliphatic heterocycles. The highest BCUT2D eigenvalue weighted by Crippen LogP contribution is 2.33. The van der Waals surface area contributed by atoms with Gasteiger partial charge in [0.1, 0.15) is 6.10 Å². The highest BCUT2D eigenvalue weighted by Gasteiger charge is 2.44. The maximum atomic E-state index is 10.5. The summed E-state index contributed by atoms with van der Waals surface area (Å²) in [4.78, 5) is 10.5. The van der Waals surface area contributed by atoms with Crippen molar-refractivity contribution in [2.24, 2.45) is 0 Å². The maximum Gasteiger partial charge on any atom is 0.342 e. The molecule has 1 saturated heterocycles. The number of carboxylic acids is 1. The van der Waals surface area contributed by atoms with Crippen molar-refractivity contribution >= 4 is 29.2 Å². The lowest BCUT2D eigenvalue weighted by atomic mass is 10.2. The van der Waals surface area contributed by atoms with Crippen molar-refractivity contribution in [3.8, 4) is 0 Å². The van der Waals surface area contributed by atoms with Crippen molar-refractivity contribution in [1.82, 2.24) is 0 Å². The molecule has 0 bridgehead atoms. The Kier molecular flexibility index (Phi) is 2.62. The number of hydrogen-bond donors (Lipinski definition) is 1. The Balaban J connectivity index is 2.62. The van der Waals surface area contributed by atoms with Gasteiger partial charge in [-0.25, -0.2) is 4.79 Å². The molecule has 1 N–H and O–H groups in total. The summed E-state index contributed by atoms with van der Waals surface area (Å²) in [6.07, 6.45) is 0.863. The van der Waals surface area contributed by atoms with Gasteiger partial charge >= 0.3 is 5.97 Å². The van der Waals surface area contributed by atoms with Gasteiger partial charge in [-0.1, -0.05) is 23.2 Å². The molecule has 0 aliphatic carbocycles. The topological polar surface area (TPSA) is 46.5 Å². The second kappa shape index (κ2) is 3.17. The predicted octanol–water partition coefficient (Wildman–Crippen LogP) is 1.42. The summed E-state index contributed by atoms with van der Waals surface area (Å²) in [5.74, 6) is -1.24. The molecule has 1 rings (SSSR count). The van der Waals surface area contributed by atoms with Gasteiger partial charge < -0.3 is 9.84 Å². The van der Waals surface area contributed by atoms with Gasteiger partial charge in [-0.2, -0.15) is 0 Å². The molecule has 1 atom stereocenters. The number of alkyl halides is 2. The van der Waals surface area contributed by atoms with Gasteiger partial charge in [-0.05, 0) is 12.8 Å². The van der Waals surface area contributed by atoms with E-state index < -0.39 is 16.4 Å². The van der Waals surface area contributed by atoms with Crippen LogP contribution in [-0.4, -0.2) is 28.1 Å². The Morgan fingerprint density at radius 1 is 1.64 bits per heavy atom. The van der Waals surface area contributed by atoms with Crippen molar-refractivity contribution in [3.05, 3.63) is 0 Å². The van der Waals surface area contributed by atoms with E-state index in [-0.39, 0.29) is 0 Å². The van der Waals surface area contributed by atoms with E-state index in [2.05, 4.69) is 0 Å². The van der Waals surface area contributed by atoms with E-state index in [1.165, 1.54) is 0 Å². The Hall–Kier alpha value is 0.01000. The summed E-state index contributed by atoms with van der Waals surface area (Å²) in [7, 11) is 0. The van der Waals surface area contributed by atoms with Crippen LogP contribution in [-0.2, 0) is 9.53 Å². The standard InChI is InChI=1S/C6H8Cl2O3/c7-6(8,5(9)10)4-2-1-3-11-4/h4H,1-3H2,(H,9,10). The van der Waals surface area contributed by atoms with Gasteiger partial charge in [0.2, 0.25) is 4.33 Å². The van der Waals surface area contributed by atoms with Gasteiger partial charge in [-0.15, -0.1) is 0 Å². The SMILES string of the molecule is O=C(O)C(Cl)(Cl)C1CCCO1. The van der Waals surface area contributed by atoms with Gasteiger partial charge in [0.25, 0.3) is 0 Å². The van der Waals surface area contributed by atoms with Crippen molar-refractivity contribution < 1.29 is 14.6 Å². The second-order valence-electron chi connectivity index (χ2n) is 2.43. The molecule has 1 heterocycles. The molecule has 0 spiro atoms. The fourth-order valence-electron chi connectivity index (χ4n) is 1.00. The lowest BCUT2D eigenvalue weighted by Crippen LogP contribution is -2.38. The average molecular weight is 199 g/mol. The number of aliphatic carboxylic acids is 1. The molecule has 1 fully saturated rings. The second-order valence-corrected chi connectivity index (χ2v) is 3.82. The van der Waals surface area contributed by atoms with E-state index in [0.29, 0.717) is 13.0 Å². The zero-order valence-corrected chi connectivity index (χ0v) is 7.23. The summed E-state index contributed by atoms with van der Waals surface area (Å²) >= 11 is 11.0. The summed E-state index contributed by atoms with van der Waals surface area (Å²) in [5, 5.41) is 8.56. The highest BCUT2D eigenvalue weighted by molar-refractivity contribution is 6.57. The Labute approximate surface area is 74.2 Å². The first-order valence-electron chi connectivity index (χ1n) is 3.28. The molecule has 1 unspecified atom stereocenters. The number of carboxylic acid groups (broad SMARTS) is 1. The zero-order chi connectivity index (χ0) is 8.48. The molecule has 3 nitrogen and oxygen atoms in total. The first-order chi connectivity index (χ1) is 5.05. The molecule has 0 aromatic rings. The van der Waals surface area contributed by atoms with Crippen molar-refractivity contribution in [1.29, 1.82) is 0 Å². The number of halogens is 2. The molecule has 0 saturated carbocycles. The fourth-order valence-corrected chi connectivity index (χ4v) is 1.35. The smallest absolute Gasteiger partial charge is 0.342 e. The van der Waals surface area contributed by atoms with E-state index in [0.717, 1.165) is 6.42 Å². The summed E-state index contributed by atoms with van der Waals surface area (Å²) in [5.41, 5.74) is 0. The Bertz CT molecular complexity index is 163. The Morgan fingerprint density at radius 3 is 2.64 bits per heavy atom. The summed E-state index contributed by atoms with van der Waals surface area (Å²) in [6, 6.07) is 0. The molecular formula is C6H8Cl2O3.